The maximum atomic E-state index is 13.7. The third kappa shape index (κ3) is 3.59. The third-order valence-electron chi connectivity index (χ3n) is 5.25. The molecule has 2 aromatic carbocycles. The van der Waals surface area contributed by atoms with Gasteiger partial charge in [0, 0.05) is 30.1 Å². The van der Waals surface area contributed by atoms with Gasteiger partial charge in [0.15, 0.2) is 11.6 Å². The minimum Gasteiger partial charge on any atom is -0.423 e. The maximum absolute atomic E-state index is 13.7. The van der Waals surface area contributed by atoms with Crippen molar-refractivity contribution in [2.24, 2.45) is 0 Å². The second kappa shape index (κ2) is 7.56. The SMILES string of the molecule is CC(=O)Nc1ccc2c(CN3C(=O)NC(C)(c4ccc(F)c(F)c4)C3=O)cc(=O)oc2c1. The third-order valence-corrected chi connectivity index (χ3v) is 5.25. The van der Waals surface area contributed by atoms with Crippen molar-refractivity contribution in [3.8, 4) is 0 Å². The average Bonchev–Trinajstić information content (AvgIpc) is 2.93. The number of urea groups is 1. The van der Waals surface area contributed by atoms with E-state index in [9.17, 15) is 28.0 Å². The number of amides is 4. The van der Waals surface area contributed by atoms with Gasteiger partial charge in [0.25, 0.3) is 5.91 Å². The van der Waals surface area contributed by atoms with Crippen molar-refractivity contribution in [1.29, 1.82) is 0 Å². The summed E-state index contributed by atoms with van der Waals surface area (Å²) in [5.74, 6) is -3.22. The minimum absolute atomic E-state index is 0.0784. The first-order valence-corrected chi connectivity index (χ1v) is 9.52. The minimum atomic E-state index is -1.61. The molecule has 1 saturated heterocycles. The van der Waals surface area contributed by atoms with E-state index in [1.807, 2.05) is 0 Å². The summed E-state index contributed by atoms with van der Waals surface area (Å²) in [7, 11) is 0. The Bertz CT molecular complexity index is 1350. The molecule has 8 nitrogen and oxygen atoms in total. The zero-order valence-electron chi connectivity index (χ0n) is 17.0. The predicted molar refractivity (Wildman–Crippen MR) is 110 cm³/mol. The summed E-state index contributed by atoms with van der Waals surface area (Å²) in [6.07, 6.45) is 0. The zero-order chi connectivity index (χ0) is 23.2. The van der Waals surface area contributed by atoms with Gasteiger partial charge < -0.3 is 15.1 Å². The number of carbonyl (C=O) groups excluding carboxylic acids is 3. The first-order valence-electron chi connectivity index (χ1n) is 9.52. The number of halogens is 2. The number of hydrogen-bond donors (Lipinski definition) is 2. The van der Waals surface area contributed by atoms with Gasteiger partial charge in [-0.25, -0.2) is 18.4 Å². The van der Waals surface area contributed by atoms with E-state index < -0.39 is 34.7 Å². The van der Waals surface area contributed by atoms with Gasteiger partial charge in [-0.05, 0) is 42.3 Å². The quantitative estimate of drug-likeness (QED) is 0.478. The van der Waals surface area contributed by atoms with Crippen LogP contribution in [0.5, 0.6) is 0 Å². The molecule has 32 heavy (non-hydrogen) atoms. The Labute approximate surface area is 179 Å². The number of rotatable bonds is 4. The van der Waals surface area contributed by atoms with E-state index in [4.69, 9.17) is 4.42 Å². The van der Waals surface area contributed by atoms with Crippen molar-refractivity contribution in [2.45, 2.75) is 25.9 Å². The summed E-state index contributed by atoms with van der Waals surface area (Å²) in [5, 5.41) is 5.54. The molecule has 1 aliphatic rings. The van der Waals surface area contributed by atoms with Crippen LogP contribution in [0.2, 0.25) is 0 Å². The summed E-state index contributed by atoms with van der Waals surface area (Å²) in [5.41, 5.74) is -1.33. The second-order valence-corrected chi connectivity index (χ2v) is 7.56. The Hall–Kier alpha value is -4.08. The number of carbonyl (C=O) groups is 3. The van der Waals surface area contributed by atoms with Gasteiger partial charge in [0.05, 0.1) is 6.54 Å². The van der Waals surface area contributed by atoms with E-state index in [0.29, 0.717) is 16.6 Å². The number of anilines is 1. The van der Waals surface area contributed by atoms with Crippen molar-refractivity contribution in [2.75, 3.05) is 5.32 Å². The van der Waals surface area contributed by atoms with Crippen LogP contribution in [0, 0.1) is 11.6 Å². The Balaban J connectivity index is 1.70. The van der Waals surface area contributed by atoms with E-state index in [0.717, 1.165) is 23.1 Å². The topological polar surface area (TPSA) is 109 Å². The highest BCUT2D eigenvalue weighted by Gasteiger charge is 2.49. The van der Waals surface area contributed by atoms with E-state index in [-0.39, 0.29) is 23.6 Å². The number of fused-ring (bicyclic) bond motifs is 1. The molecule has 0 aliphatic carbocycles. The van der Waals surface area contributed by atoms with Crippen LogP contribution in [-0.2, 0) is 21.7 Å². The van der Waals surface area contributed by atoms with Crippen molar-refractivity contribution < 1.29 is 27.6 Å². The normalized spacial score (nSPS) is 18.2. The fourth-order valence-electron chi connectivity index (χ4n) is 3.66. The lowest BCUT2D eigenvalue weighted by molar-refractivity contribution is -0.131. The van der Waals surface area contributed by atoms with Crippen molar-refractivity contribution in [3.05, 3.63) is 75.6 Å². The number of nitrogens with one attached hydrogen (secondary N) is 2. The first-order chi connectivity index (χ1) is 15.1. The van der Waals surface area contributed by atoms with Crippen LogP contribution in [0.25, 0.3) is 11.0 Å². The molecule has 1 aliphatic heterocycles. The molecule has 0 bridgehead atoms. The predicted octanol–water partition coefficient (Wildman–Crippen LogP) is 3.00. The number of imide groups is 1. The fourth-order valence-corrected chi connectivity index (χ4v) is 3.66. The van der Waals surface area contributed by atoms with Crippen molar-refractivity contribution >= 4 is 34.5 Å². The molecular formula is C22H17F2N3O5. The van der Waals surface area contributed by atoms with Crippen LogP contribution in [-0.4, -0.2) is 22.7 Å². The molecule has 0 saturated carbocycles. The summed E-state index contributed by atoms with van der Waals surface area (Å²) < 4.78 is 32.2. The van der Waals surface area contributed by atoms with E-state index in [1.165, 1.54) is 26.0 Å². The standard InChI is InChI=1S/C22H17F2N3O5/c1-11(28)25-14-4-5-15-12(7-19(29)32-18(15)9-14)10-27-20(30)22(2,26-21(27)31)13-3-6-16(23)17(24)8-13/h3-9H,10H2,1-2H3,(H,25,28)(H,26,31). The van der Waals surface area contributed by atoms with Crippen LogP contribution in [0.4, 0.5) is 19.3 Å². The fraction of sp³-hybridized carbons (Fsp3) is 0.182. The molecule has 0 spiro atoms. The molecule has 0 radical (unpaired) electrons. The Morgan fingerprint density at radius 1 is 1.09 bits per heavy atom. The molecule has 1 fully saturated rings. The second-order valence-electron chi connectivity index (χ2n) is 7.56. The van der Waals surface area contributed by atoms with Crippen LogP contribution < -0.4 is 16.3 Å². The lowest BCUT2D eigenvalue weighted by Crippen LogP contribution is -2.41. The van der Waals surface area contributed by atoms with Gasteiger partial charge in [-0.3, -0.25) is 14.5 Å². The molecule has 4 rings (SSSR count). The highest BCUT2D eigenvalue weighted by molar-refractivity contribution is 6.07. The number of hydrogen-bond acceptors (Lipinski definition) is 5. The number of nitrogens with zero attached hydrogens (tertiary/aromatic N) is 1. The van der Waals surface area contributed by atoms with Crippen molar-refractivity contribution in [3.63, 3.8) is 0 Å². The maximum Gasteiger partial charge on any atom is 0.336 e. The molecule has 2 heterocycles. The molecule has 1 atom stereocenters. The van der Waals surface area contributed by atoms with Crippen molar-refractivity contribution in [1.82, 2.24) is 10.2 Å². The van der Waals surface area contributed by atoms with Crippen LogP contribution >= 0.6 is 0 Å². The summed E-state index contributed by atoms with van der Waals surface area (Å²) >= 11 is 0. The van der Waals surface area contributed by atoms with Gasteiger partial charge in [-0.2, -0.15) is 0 Å². The molecular weight excluding hydrogens is 424 g/mol. The molecule has 1 aromatic heterocycles. The van der Waals surface area contributed by atoms with Crippen LogP contribution in [0.3, 0.4) is 0 Å². The summed E-state index contributed by atoms with van der Waals surface area (Å²) in [6, 6.07) is 7.99. The van der Waals surface area contributed by atoms with E-state index >= 15 is 0 Å². The lowest BCUT2D eigenvalue weighted by Gasteiger charge is -2.22. The molecule has 10 heteroatoms. The Kier molecular flexibility index (Phi) is 5.00. The van der Waals surface area contributed by atoms with Gasteiger partial charge in [0.1, 0.15) is 11.1 Å². The van der Waals surface area contributed by atoms with Gasteiger partial charge in [-0.1, -0.05) is 6.07 Å². The summed E-state index contributed by atoms with van der Waals surface area (Å²) in [6.45, 7) is 2.46. The Morgan fingerprint density at radius 2 is 1.84 bits per heavy atom. The molecule has 4 amide bonds. The molecule has 1 unspecified atom stereocenters. The van der Waals surface area contributed by atoms with E-state index in [2.05, 4.69) is 10.6 Å². The van der Waals surface area contributed by atoms with Crippen LogP contribution in [0.15, 0.2) is 51.7 Å². The Morgan fingerprint density at radius 3 is 2.53 bits per heavy atom. The molecule has 164 valence electrons. The average molecular weight is 441 g/mol. The van der Waals surface area contributed by atoms with Crippen LogP contribution in [0.1, 0.15) is 25.0 Å². The monoisotopic (exact) mass is 441 g/mol. The summed E-state index contributed by atoms with van der Waals surface area (Å²) in [4.78, 5) is 49.9. The van der Waals surface area contributed by atoms with E-state index in [1.54, 1.807) is 12.1 Å². The largest absolute Gasteiger partial charge is 0.423 e. The van der Waals surface area contributed by atoms with Gasteiger partial charge in [-0.15, -0.1) is 0 Å². The smallest absolute Gasteiger partial charge is 0.336 e. The highest BCUT2D eigenvalue weighted by atomic mass is 19.2. The molecule has 3 aromatic rings. The highest BCUT2D eigenvalue weighted by Crippen LogP contribution is 2.31. The van der Waals surface area contributed by atoms with Gasteiger partial charge >= 0.3 is 11.7 Å². The first kappa shape index (κ1) is 21.2. The number of benzene rings is 2. The molecule has 2 N–H and O–H groups in total. The lowest BCUT2D eigenvalue weighted by atomic mass is 9.92. The van der Waals surface area contributed by atoms with Gasteiger partial charge in [0.2, 0.25) is 5.91 Å². The zero-order valence-corrected chi connectivity index (χ0v) is 17.0.